The van der Waals surface area contributed by atoms with E-state index in [0.29, 0.717) is 0 Å². The number of methoxy groups -OCH3 is 2. The maximum absolute atomic E-state index is 5.38. The van der Waals surface area contributed by atoms with Crippen molar-refractivity contribution in [3.8, 4) is 11.5 Å². The number of hydrogen-bond donors (Lipinski definition) is 1. The van der Waals surface area contributed by atoms with Crippen LogP contribution in [0, 0.1) is 13.8 Å². The molecule has 0 spiro atoms. The van der Waals surface area contributed by atoms with Crippen molar-refractivity contribution in [1.29, 1.82) is 0 Å². The molecule has 1 N–H and O–H groups in total. The molecule has 1 aromatic heterocycles. The largest absolute Gasteiger partial charge is 0.497 e. The molecule has 1 heterocycles. The van der Waals surface area contributed by atoms with E-state index < -0.39 is 0 Å². The van der Waals surface area contributed by atoms with E-state index in [4.69, 9.17) is 9.47 Å². The number of nitrogens with one attached hydrogen (secondary N) is 1. The summed E-state index contributed by atoms with van der Waals surface area (Å²) in [5.41, 5.74) is 2.23. The normalized spacial score (nSPS) is 10.6. The van der Waals surface area contributed by atoms with E-state index in [1.54, 1.807) is 25.6 Å². The van der Waals surface area contributed by atoms with Crippen LogP contribution in [0.15, 0.2) is 18.2 Å². The second kappa shape index (κ2) is 6.72. The van der Waals surface area contributed by atoms with Crippen molar-refractivity contribution >= 4 is 11.3 Å². The Morgan fingerprint density at radius 3 is 2.55 bits per heavy atom. The summed E-state index contributed by atoms with van der Waals surface area (Å²) in [5.74, 6) is 1.64. The van der Waals surface area contributed by atoms with Gasteiger partial charge in [0.25, 0.3) is 0 Å². The first-order chi connectivity index (χ1) is 9.63. The monoisotopic (exact) mass is 292 g/mol. The van der Waals surface area contributed by atoms with Gasteiger partial charge in [0.2, 0.25) is 0 Å². The predicted octanol–water partition coefficient (Wildman–Crippen LogP) is 3.07. The minimum absolute atomic E-state index is 0.741. The fourth-order valence-electron chi connectivity index (χ4n) is 1.92. The number of rotatable bonds is 6. The molecular weight excluding hydrogens is 272 g/mol. The van der Waals surface area contributed by atoms with Crippen LogP contribution in [0.25, 0.3) is 0 Å². The van der Waals surface area contributed by atoms with Gasteiger partial charge in [0.15, 0.2) is 0 Å². The Hall–Kier alpha value is -1.59. The first-order valence-corrected chi connectivity index (χ1v) is 7.30. The summed E-state index contributed by atoms with van der Waals surface area (Å²) in [6, 6.07) is 5.86. The molecule has 2 aromatic rings. The SMILES string of the molecule is COc1ccc(CNCc2nc(C)c(C)s2)c(OC)c1. The van der Waals surface area contributed by atoms with Gasteiger partial charge in [0, 0.05) is 29.6 Å². The molecule has 4 nitrogen and oxygen atoms in total. The van der Waals surface area contributed by atoms with E-state index in [1.165, 1.54) is 4.88 Å². The van der Waals surface area contributed by atoms with Crippen LogP contribution in [0.4, 0.5) is 0 Å². The van der Waals surface area contributed by atoms with Gasteiger partial charge < -0.3 is 14.8 Å². The lowest BCUT2D eigenvalue weighted by Gasteiger charge is -2.10. The average molecular weight is 292 g/mol. The zero-order chi connectivity index (χ0) is 14.5. The van der Waals surface area contributed by atoms with Gasteiger partial charge in [-0.2, -0.15) is 0 Å². The number of nitrogens with zero attached hydrogens (tertiary/aromatic N) is 1. The maximum Gasteiger partial charge on any atom is 0.127 e. The van der Waals surface area contributed by atoms with E-state index in [9.17, 15) is 0 Å². The minimum atomic E-state index is 0.741. The predicted molar refractivity (Wildman–Crippen MR) is 81.7 cm³/mol. The summed E-state index contributed by atoms with van der Waals surface area (Å²) < 4.78 is 10.6. The van der Waals surface area contributed by atoms with Gasteiger partial charge in [-0.05, 0) is 19.9 Å². The molecule has 0 aliphatic carbocycles. The first-order valence-electron chi connectivity index (χ1n) is 6.48. The molecule has 0 unspecified atom stereocenters. The van der Waals surface area contributed by atoms with Crippen LogP contribution >= 0.6 is 11.3 Å². The molecule has 0 bridgehead atoms. The number of aromatic nitrogens is 1. The van der Waals surface area contributed by atoms with Crippen LogP contribution in [-0.2, 0) is 13.1 Å². The van der Waals surface area contributed by atoms with Crippen LogP contribution in [-0.4, -0.2) is 19.2 Å². The van der Waals surface area contributed by atoms with Gasteiger partial charge in [-0.25, -0.2) is 4.98 Å². The highest BCUT2D eigenvalue weighted by atomic mass is 32.1. The topological polar surface area (TPSA) is 43.4 Å². The highest BCUT2D eigenvalue weighted by Crippen LogP contribution is 2.24. The average Bonchev–Trinajstić information content (AvgIpc) is 2.78. The standard InChI is InChI=1S/C15H20N2O2S/c1-10-11(2)20-15(17-10)9-16-8-12-5-6-13(18-3)7-14(12)19-4/h5-7,16H,8-9H2,1-4H3. The van der Waals surface area contributed by atoms with Crippen molar-refractivity contribution in [3.63, 3.8) is 0 Å². The summed E-state index contributed by atoms with van der Waals surface area (Å²) in [6.07, 6.45) is 0. The molecule has 0 amide bonds. The minimum Gasteiger partial charge on any atom is -0.497 e. The fourth-order valence-corrected chi connectivity index (χ4v) is 2.82. The summed E-state index contributed by atoms with van der Waals surface area (Å²) >= 11 is 1.74. The van der Waals surface area contributed by atoms with Crippen molar-refractivity contribution in [2.24, 2.45) is 0 Å². The third-order valence-electron chi connectivity index (χ3n) is 3.16. The second-order valence-corrected chi connectivity index (χ2v) is 5.82. The van der Waals surface area contributed by atoms with Gasteiger partial charge in [0.1, 0.15) is 16.5 Å². The molecule has 0 aliphatic heterocycles. The van der Waals surface area contributed by atoms with Gasteiger partial charge in [-0.1, -0.05) is 6.07 Å². The molecule has 5 heteroatoms. The van der Waals surface area contributed by atoms with Crippen LogP contribution in [0.5, 0.6) is 11.5 Å². The Morgan fingerprint density at radius 1 is 1.15 bits per heavy atom. The van der Waals surface area contributed by atoms with Crippen LogP contribution in [0.2, 0.25) is 0 Å². The first kappa shape index (κ1) is 14.8. The van der Waals surface area contributed by atoms with Gasteiger partial charge in [-0.15, -0.1) is 11.3 Å². The molecule has 20 heavy (non-hydrogen) atoms. The van der Waals surface area contributed by atoms with Crippen molar-refractivity contribution in [2.45, 2.75) is 26.9 Å². The van der Waals surface area contributed by atoms with E-state index in [1.807, 2.05) is 25.1 Å². The number of thiazole rings is 1. The van der Waals surface area contributed by atoms with Gasteiger partial charge in [-0.3, -0.25) is 0 Å². The van der Waals surface area contributed by atoms with Gasteiger partial charge >= 0.3 is 0 Å². The second-order valence-electron chi connectivity index (χ2n) is 4.53. The number of benzene rings is 1. The van der Waals surface area contributed by atoms with Crippen LogP contribution in [0.1, 0.15) is 21.1 Å². The van der Waals surface area contributed by atoms with Crippen molar-refractivity contribution in [1.82, 2.24) is 10.3 Å². The molecule has 0 radical (unpaired) electrons. The molecule has 0 saturated heterocycles. The summed E-state index contributed by atoms with van der Waals surface area (Å²) in [4.78, 5) is 5.80. The molecule has 108 valence electrons. The molecule has 1 aromatic carbocycles. The zero-order valence-electron chi connectivity index (χ0n) is 12.3. The zero-order valence-corrected chi connectivity index (χ0v) is 13.1. The lowest BCUT2D eigenvalue weighted by Crippen LogP contribution is -2.13. The Labute approximate surface area is 123 Å². The molecule has 0 aliphatic rings. The van der Waals surface area contributed by atoms with E-state index in [-0.39, 0.29) is 0 Å². The Kier molecular flexibility index (Phi) is 4.98. The third-order valence-corrected chi connectivity index (χ3v) is 4.23. The third kappa shape index (κ3) is 3.49. The van der Waals surface area contributed by atoms with E-state index in [0.717, 1.165) is 40.9 Å². The highest BCUT2D eigenvalue weighted by Gasteiger charge is 2.06. The molecule has 2 rings (SSSR count). The lowest BCUT2D eigenvalue weighted by atomic mass is 10.2. The number of aryl methyl sites for hydroxylation is 2. The molecular formula is C15H20N2O2S. The van der Waals surface area contributed by atoms with E-state index in [2.05, 4.69) is 17.2 Å². The maximum atomic E-state index is 5.38. The smallest absolute Gasteiger partial charge is 0.127 e. The Bertz CT molecular complexity index is 562. The molecule has 0 saturated carbocycles. The van der Waals surface area contributed by atoms with Crippen molar-refractivity contribution in [2.75, 3.05) is 14.2 Å². The fraction of sp³-hybridized carbons (Fsp3) is 0.400. The quantitative estimate of drug-likeness (QED) is 0.888. The Balaban J connectivity index is 1.96. The van der Waals surface area contributed by atoms with Crippen molar-refractivity contribution < 1.29 is 9.47 Å². The van der Waals surface area contributed by atoms with Crippen molar-refractivity contribution in [3.05, 3.63) is 39.3 Å². The van der Waals surface area contributed by atoms with E-state index >= 15 is 0 Å². The highest BCUT2D eigenvalue weighted by molar-refractivity contribution is 7.11. The van der Waals surface area contributed by atoms with Gasteiger partial charge in [0.05, 0.1) is 19.9 Å². The summed E-state index contributed by atoms with van der Waals surface area (Å²) in [5, 5.41) is 4.52. The molecule has 0 fully saturated rings. The summed E-state index contributed by atoms with van der Waals surface area (Å²) in [7, 11) is 3.33. The Morgan fingerprint density at radius 2 is 1.95 bits per heavy atom. The number of hydrogen-bond acceptors (Lipinski definition) is 5. The van der Waals surface area contributed by atoms with Crippen LogP contribution < -0.4 is 14.8 Å². The summed E-state index contributed by atoms with van der Waals surface area (Å²) in [6.45, 7) is 5.66. The lowest BCUT2D eigenvalue weighted by molar-refractivity contribution is 0.390. The number of ether oxygens (including phenoxy) is 2. The molecule has 0 atom stereocenters. The van der Waals surface area contributed by atoms with Crippen LogP contribution in [0.3, 0.4) is 0 Å².